The first kappa shape index (κ1) is 11.7. The molecule has 1 heterocycles. The Morgan fingerprint density at radius 2 is 1.94 bits per heavy atom. The van der Waals surface area contributed by atoms with E-state index in [1.54, 1.807) is 19.1 Å². The topological polar surface area (TPSA) is 115 Å². The monoisotopic (exact) mass is 248 g/mol. The van der Waals surface area contributed by atoms with Crippen LogP contribution in [-0.2, 0) is 0 Å². The van der Waals surface area contributed by atoms with Gasteiger partial charge in [-0.1, -0.05) is 6.07 Å². The van der Waals surface area contributed by atoms with Crippen LogP contribution in [0.25, 0.3) is 11.4 Å². The second-order valence-corrected chi connectivity index (χ2v) is 3.63. The number of aromatic amines is 1. The minimum Gasteiger partial charge on any atom is -0.358 e. The van der Waals surface area contributed by atoms with Gasteiger partial charge in [-0.05, 0) is 17.9 Å². The predicted octanol–water partition coefficient (Wildman–Crippen LogP) is 2.20. The van der Waals surface area contributed by atoms with Crippen molar-refractivity contribution in [2.45, 2.75) is 6.92 Å². The molecule has 0 bridgehead atoms. The quantitative estimate of drug-likeness (QED) is 0.660. The van der Waals surface area contributed by atoms with Crippen molar-refractivity contribution in [1.29, 1.82) is 0 Å². The summed E-state index contributed by atoms with van der Waals surface area (Å²) in [5, 5.41) is 21.3. The molecule has 0 unspecified atom stereocenters. The Morgan fingerprint density at radius 1 is 1.22 bits per heavy atom. The molecule has 0 radical (unpaired) electrons. The summed E-state index contributed by atoms with van der Waals surface area (Å²) in [6.07, 6.45) is 1.07. The van der Waals surface area contributed by atoms with E-state index in [2.05, 4.69) is 9.97 Å². The molecule has 0 atom stereocenters. The van der Waals surface area contributed by atoms with E-state index in [4.69, 9.17) is 0 Å². The van der Waals surface area contributed by atoms with Crippen molar-refractivity contribution < 1.29 is 9.85 Å². The fourth-order valence-corrected chi connectivity index (χ4v) is 1.50. The molecule has 0 spiro atoms. The van der Waals surface area contributed by atoms with Gasteiger partial charge in [0, 0.05) is 17.2 Å². The van der Waals surface area contributed by atoms with Crippen molar-refractivity contribution in [2.24, 2.45) is 0 Å². The van der Waals surface area contributed by atoms with Crippen molar-refractivity contribution >= 4 is 11.5 Å². The summed E-state index contributed by atoms with van der Waals surface area (Å²) < 4.78 is 0. The number of aryl methyl sites for hydroxylation is 1. The molecule has 8 heteroatoms. The van der Waals surface area contributed by atoms with Crippen LogP contribution in [0.4, 0.5) is 11.5 Å². The van der Waals surface area contributed by atoms with Crippen LogP contribution < -0.4 is 0 Å². The third-order valence-electron chi connectivity index (χ3n) is 2.44. The van der Waals surface area contributed by atoms with E-state index in [9.17, 15) is 20.2 Å². The number of aromatic nitrogens is 2. The highest BCUT2D eigenvalue weighted by Crippen LogP contribution is 2.25. The summed E-state index contributed by atoms with van der Waals surface area (Å²) in [4.78, 5) is 26.5. The first-order chi connectivity index (χ1) is 8.49. The maximum absolute atomic E-state index is 10.8. The molecule has 2 aromatic rings. The van der Waals surface area contributed by atoms with Crippen LogP contribution in [-0.4, -0.2) is 19.8 Å². The summed E-state index contributed by atoms with van der Waals surface area (Å²) >= 11 is 0. The molecule has 0 amide bonds. The third kappa shape index (κ3) is 2.03. The fraction of sp³-hybridized carbons (Fsp3) is 0.100. The molecule has 0 aliphatic rings. The number of imidazole rings is 1. The highest BCUT2D eigenvalue weighted by atomic mass is 16.6. The highest BCUT2D eigenvalue weighted by molar-refractivity contribution is 5.62. The van der Waals surface area contributed by atoms with Crippen LogP contribution in [0.15, 0.2) is 24.4 Å². The van der Waals surface area contributed by atoms with Gasteiger partial charge in [-0.15, -0.1) is 0 Å². The minimum absolute atomic E-state index is 0.0495. The molecule has 1 N–H and O–H groups in total. The second kappa shape index (κ2) is 4.24. The number of hydrogen-bond donors (Lipinski definition) is 1. The Bertz CT molecular complexity index is 635. The molecule has 92 valence electrons. The first-order valence-electron chi connectivity index (χ1n) is 4.94. The maximum atomic E-state index is 10.8. The van der Waals surface area contributed by atoms with E-state index < -0.39 is 9.85 Å². The van der Waals surface area contributed by atoms with E-state index >= 15 is 0 Å². The van der Waals surface area contributed by atoms with Gasteiger partial charge < -0.3 is 10.1 Å². The molecule has 0 saturated heterocycles. The van der Waals surface area contributed by atoms with Crippen molar-refractivity contribution in [2.75, 3.05) is 0 Å². The molecule has 0 fully saturated rings. The zero-order valence-electron chi connectivity index (χ0n) is 9.28. The summed E-state index contributed by atoms with van der Waals surface area (Å²) in [5.74, 6) is -0.0296. The smallest absolute Gasteiger partial charge is 0.340 e. The Labute approximate surface area is 101 Å². The first-order valence-corrected chi connectivity index (χ1v) is 4.94. The van der Waals surface area contributed by atoms with Gasteiger partial charge in [0.1, 0.15) is 6.20 Å². The SMILES string of the molecule is Cc1ccc(-c2ncc([N+](=O)[O-])[nH]2)cc1[N+](=O)[O-]. The Morgan fingerprint density at radius 3 is 2.50 bits per heavy atom. The lowest BCUT2D eigenvalue weighted by molar-refractivity contribution is -0.389. The molecule has 8 nitrogen and oxygen atoms in total. The largest absolute Gasteiger partial charge is 0.358 e. The second-order valence-electron chi connectivity index (χ2n) is 3.63. The fourth-order valence-electron chi connectivity index (χ4n) is 1.50. The van der Waals surface area contributed by atoms with E-state index in [0.717, 1.165) is 6.20 Å². The highest BCUT2D eigenvalue weighted by Gasteiger charge is 2.16. The van der Waals surface area contributed by atoms with E-state index in [1.165, 1.54) is 6.07 Å². The lowest BCUT2D eigenvalue weighted by Crippen LogP contribution is -1.93. The normalized spacial score (nSPS) is 10.3. The summed E-state index contributed by atoms with van der Waals surface area (Å²) in [6, 6.07) is 4.52. The Balaban J connectivity index is 2.47. The van der Waals surface area contributed by atoms with Gasteiger partial charge in [0.05, 0.1) is 4.92 Å². The van der Waals surface area contributed by atoms with E-state index in [-0.39, 0.29) is 17.3 Å². The van der Waals surface area contributed by atoms with Crippen LogP contribution in [0.3, 0.4) is 0 Å². The number of hydrogen-bond acceptors (Lipinski definition) is 5. The van der Waals surface area contributed by atoms with Crippen LogP contribution in [0.1, 0.15) is 5.56 Å². The molecule has 0 saturated carbocycles. The molecule has 1 aromatic heterocycles. The van der Waals surface area contributed by atoms with Crippen LogP contribution in [0.5, 0.6) is 0 Å². The van der Waals surface area contributed by atoms with Gasteiger partial charge in [-0.3, -0.25) is 10.1 Å². The number of benzene rings is 1. The zero-order chi connectivity index (χ0) is 13.3. The van der Waals surface area contributed by atoms with Gasteiger partial charge in [0.25, 0.3) is 5.69 Å². The Kier molecular flexibility index (Phi) is 2.76. The third-order valence-corrected chi connectivity index (χ3v) is 2.44. The van der Waals surface area contributed by atoms with Crippen molar-refractivity contribution in [3.05, 3.63) is 50.2 Å². The van der Waals surface area contributed by atoms with Crippen LogP contribution >= 0.6 is 0 Å². The van der Waals surface area contributed by atoms with Crippen LogP contribution in [0.2, 0.25) is 0 Å². The lowest BCUT2D eigenvalue weighted by atomic mass is 10.1. The van der Waals surface area contributed by atoms with Gasteiger partial charge >= 0.3 is 5.82 Å². The van der Waals surface area contributed by atoms with E-state index in [1.807, 2.05) is 0 Å². The van der Waals surface area contributed by atoms with Crippen LogP contribution in [0, 0.1) is 27.2 Å². The van der Waals surface area contributed by atoms with Crippen molar-refractivity contribution in [3.63, 3.8) is 0 Å². The lowest BCUT2D eigenvalue weighted by Gasteiger charge is -1.98. The molecule has 0 aliphatic heterocycles. The predicted molar refractivity (Wildman–Crippen MR) is 62.1 cm³/mol. The number of nitrogens with one attached hydrogen (secondary N) is 1. The average Bonchev–Trinajstić information content (AvgIpc) is 2.78. The molecular weight excluding hydrogens is 240 g/mol. The maximum Gasteiger partial charge on any atom is 0.340 e. The standard InChI is InChI=1S/C10H8N4O4/c1-6-2-3-7(4-8(6)13(15)16)10-11-5-9(12-10)14(17)18/h2-5H,1H3,(H,11,12). The van der Waals surface area contributed by atoms with Crippen molar-refractivity contribution in [3.8, 4) is 11.4 Å². The number of H-pyrrole nitrogens is 1. The number of nitro benzene ring substituents is 1. The van der Waals surface area contributed by atoms with Gasteiger partial charge in [0.2, 0.25) is 5.82 Å². The van der Waals surface area contributed by atoms with Crippen molar-refractivity contribution in [1.82, 2.24) is 9.97 Å². The Hall–Kier alpha value is -2.77. The summed E-state index contributed by atoms with van der Waals surface area (Å²) in [5.41, 5.74) is 0.900. The summed E-state index contributed by atoms with van der Waals surface area (Å²) in [6.45, 7) is 1.62. The number of rotatable bonds is 3. The average molecular weight is 248 g/mol. The zero-order valence-corrected chi connectivity index (χ0v) is 9.28. The van der Waals surface area contributed by atoms with Gasteiger partial charge in [-0.25, -0.2) is 9.97 Å². The van der Waals surface area contributed by atoms with Gasteiger partial charge in [-0.2, -0.15) is 0 Å². The molecule has 2 rings (SSSR count). The summed E-state index contributed by atoms with van der Waals surface area (Å²) in [7, 11) is 0. The molecular formula is C10H8N4O4. The van der Waals surface area contributed by atoms with Gasteiger partial charge in [0.15, 0.2) is 0 Å². The van der Waals surface area contributed by atoms with E-state index in [0.29, 0.717) is 11.1 Å². The molecule has 1 aromatic carbocycles. The number of nitrogens with zero attached hydrogens (tertiary/aromatic N) is 3. The number of nitro groups is 2. The minimum atomic E-state index is -0.612. The molecule has 18 heavy (non-hydrogen) atoms. The molecule has 0 aliphatic carbocycles.